The summed E-state index contributed by atoms with van der Waals surface area (Å²) in [5.41, 5.74) is 1.39. The molecule has 104 valence electrons. The summed E-state index contributed by atoms with van der Waals surface area (Å²) in [5.74, 6) is 0.794. The topological polar surface area (TPSA) is 25.4 Å². The largest absolute Gasteiger partial charge is 0.375 e. The van der Waals surface area contributed by atoms with Crippen molar-refractivity contribution in [3.8, 4) is 0 Å². The number of likely N-dealkylation sites (tertiary alicyclic amines) is 1. The molecule has 0 radical (unpaired) electrons. The molecule has 0 N–H and O–H groups in total. The van der Waals surface area contributed by atoms with Crippen LogP contribution in [0, 0.1) is 5.92 Å². The summed E-state index contributed by atoms with van der Waals surface area (Å²) in [6, 6.07) is 6.16. The maximum Gasteiger partial charge on any atom is 0.0710 e. The van der Waals surface area contributed by atoms with Gasteiger partial charge in [0.25, 0.3) is 0 Å². The Bertz CT molecular complexity index is 398. The monoisotopic (exact) mass is 260 g/mol. The molecule has 0 bridgehead atoms. The summed E-state index contributed by atoms with van der Waals surface area (Å²) < 4.78 is 6.14. The summed E-state index contributed by atoms with van der Waals surface area (Å²) in [4.78, 5) is 6.92. The van der Waals surface area contributed by atoms with Crippen LogP contribution in [0.1, 0.15) is 38.3 Å². The van der Waals surface area contributed by atoms with Crippen molar-refractivity contribution in [2.45, 2.75) is 44.8 Å². The predicted molar refractivity (Wildman–Crippen MR) is 75.8 cm³/mol. The number of hydrogen-bond donors (Lipinski definition) is 0. The van der Waals surface area contributed by atoms with Crippen molar-refractivity contribution >= 4 is 0 Å². The molecule has 3 rings (SSSR count). The molecular formula is C16H24N2O. The Morgan fingerprint density at radius 2 is 2.21 bits per heavy atom. The van der Waals surface area contributed by atoms with E-state index in [9.17, 15) is 0 Å². The van der Waals surface area contributed by atoms with Crippen LogP contribution in [0.2, 0.25) is 0 Å². The Labute approximate surface area is 116 Å². The van der Waals surface area contributed by atoms with Gasteiger partial charge in [0.05, 0.1) is 17.9 Å². The van der Waals surface area contributed by atoms with E-state index in [2.05, 4.69) is 28.9 Å². The van der Waals surface area contributed by atoms with Crippen molar-refractivity contribution in [2.24, 2.45) is 5.92 Å². The fourth-order valence-electron chi connectivity index (χ4n) is 3.39. The fourth-order valence-corrected chi connectivity index (χ4v) is 3.39. The standard InChI is InChI=1S/C16H24N2O/c1-2-14-11-16(19-13-14)6-9-18(10-7-16)12-15-5-3-4-8-17-15/h3-5,8,14H,2,6-7,9-13H2,1H3. The number of ether oxygens (including phenoxy) is 1. The van der Waals surface area contributed by atoms with Crippen LogP contribution in [-0.4, -0.2) is 35.2 Å². The lowest BCUT2D eigenvalue weighted by Crippen LogP contribution is -2.43. The van der Waals surface area contributed by atoms with Crippen molar-refractivity contribution in [3.05, 3.63) is 30.1 Å². The molecule has 3 heteroatoms. The second-order valence-corrected chi connectivity index (χ2v) is 6.07. The van der Waals surface area contributed by atoms with E-state index in [1.54, 1.807) is 0 Å². The van der Waals surface area contributed by atoms with E-state index in [0.717, 1.165) is 32.2 Å². The van der Waals surface area contributed by atoms with Gasteiger partial charge < -0.3 is 4.74 Å². The number of pyridine rings is 1. The molecule has 1 atom stereocenters. The zero-order chi connectivity index (χ0) is 13.1. The van der Waals surface area contributed by atoms with E-state index in [4.69, 9.17) is 4.74 Å². The molecule has 0 amide bonds. The zero-order valence-corrected chi connectivity index (χ0v) is 11.8. The Morgan fingerprint density at radius 3 is 2.84 bits per heavy atom. The second kappa shape index (κ2) is 5.59. The van der Waals surface area contributed by atoms with Crippen LogP contribution in [-0.2, 0) is 11.3 Å². The van der Waals surface area contributed by atoms with Gasteiger partial charge in [-0.25, -0.2) is 0 Å². The first-order valence-corrected chi connectivity index (χ1v) is 7.56. The third-order valence-electron chi connectivity index (χ3n) is 4.74. The highest BCUT2D eigenvalue weighted by atomic mass is 16.5. The first-order valence-electron chi connectivity index (χ1n) is 7.56. The molecule has 19 heavy (non-hydrogen) atoms. The molecule has 2 fully saturated rings. The highest BCUT2D eigenvalue weighted by Gasteiger charge is 2.41. The summed E-state index contributed by atoms with van der Waals surface area (Å²) in [6.07, 6.45) is 6.81. The third-order valence-corrected chi connectivity index (χ3v) is 4.74. The molecule has 0 aliphatic carbocycles. The van der Waals surface area contributed by atoms with Gasteiger partial charge in [-0.05, 0) is 37.3 Å². The van der Waals surface area contributed by atoms with Gasteiger partial charge in [-0.1, -0.05) is 19.4 Å². The van der Waals surface area contributed by atoms with E-state index in [1.807, 2.05) is 12.3 Å². The maximum absolute atomic E-state index is 6.14. The Balaban J connectivity index is 1.53. The molecule has 2 aliphatic heterocycles. The first-order chi connectivity index (χ1) is 9.30. The van der Waals surface area contributed by atoms with Gasteiger partial charge in [-0.3, -0.25) is 9.88 Å². The minimum atomic E-state index is 0.210. The van der Waals surface area contributed by atoms with Crippen molar-refractivity contribution in [2.75, 3.05) is 19.7 Å². The average Bonchev–Trinajstić information content (AvgIpc) is 2.86. The molecule has 0 saturated carbocycles. The second-order valence-electron chi connectivity index (χ2n) is 6.07. The van der Waals surface area contributed by atoms with Crippen LogP contribution < -0.4 is 0 Å². The molecule has 1 aromatic rings. The third kappa shape index (κ3) is 2.98. The van der Waals surface area contributed by atoms with Gasteiger partial charge in [0, 0.05) is 25.8 Å². The number of hydrogen-bond acceptors (Lipinski definition) is 3. The lowest BCUT2D eigenvalue weighted by Gasteiger charge is -2.38. The minimum Gasteiger partial charge on any atom is -0.375 e. The Hall–Kier alpha value is -0.930. The van der Waals surface area contributed by atoms with Crippen LogP contribution in [0.25, 0.3) is 0 Å². The van der Waals surface area contributed by atoms with E-state index < -0.39 is 0 Å². The van der Waals surface area contributed by atoms with Gasteiger partial charge >= 0.3 is 0 Å². The van der Waals surface area contributed by atoms with Crippen molar-refractivity contribution in [3.63, 3.8) is 0 Å². The average molecular weight is 260 g/mol. The van der Waals surface area contributed by atoms with Crippen LogP contribution in [0.15, 0.2) is 24.4 Å². The Morgan fingerprint density at radius 1 is 1.37 bits per heavy atom. The van der Waals surface area contributed by atoms with Gasteiger partial charge in [-0.15, -0.1) is 0 Å². The highest BCUT2D eigenvalue weighted by Crippen LogP contribution is 2.39. The fraction of sp³-hybridized carbons (Fsp3) is 0.688. The number of aromatic nitrogens is 1. The quantitative estimate of drug-likeness (QED) is 0.835. The van der Waals surface area contributed by atoms with E-state index in [0.29, 0.717) is 0 Å². The SMILES string of the molecule is CCC1COC2(CCN(Cc3ccccn3)CC2)C1. The number of piperidine rings is 1. The molecule has 1 aromatic heterocycles. The lowest BCUT2D eigenvalue weighted by molar-refractivity contribution is -0.0452. The van der Waals surface area contributed by atoms with Gasteiger partial charge in [0.15, 0.2) is 0 Å². The van der Waals surface area contributed by atoms with Crippen LogP contribution >= 0.6 is 0 Å². The zero-order valence-electron chi connectivity index (χ0n) is 11.8. The molecule has 0 aromatic carbocycles. The van der Waals surface area contributed by atoms with Gasteiger partial charge in [0.1, 0.15) is 0 Å². The molecule has 1 unspecified atom stereocenters. The lowest BCUT2D eigenvalue weighted by atomic mass is 9.84. The molecule has 3 heterocycles. The number of rotatable bonds is 3. The predicted octanol–water partition coefficient (Wildman–Crippen LogP) is 2.86. The van der Waals surface area contributed by atoms with Crippen molar-refractivity contribution < 1.29 is 4.74 Å². The summed E-state index contributed by atoms with van der Waals surface area (Å²) in [7, 11) is 0. The first kappa shape index (κ1) is 13.1. The molecule has 2 saturated heterocycles. The minimum absolute atomic E-state index is 0.210. The molecule has 3 nitrogen and oxygen atoms in total. The normalized spacial score (nSPS) is 26.9. The maximum atomic E-state index is 6.14. The van der Waals surface area contributed by atoms with Crippen molar-refractivity contribution in [1.29, 1.82) is 0 Å². The Kier molecular flexibility index (Phi) is 3.85. The molecule has 2 aliphatic rings. The van der Waals surface area contributed by atoms with E-state index in [-0.39, 0.29) is 5.60 Å². The summed E-state index contributed by atoms with van der Waals surface area (Å²) in [6.45, 7) is 6.54. The smallest absolute Gasteiger partial charge is 0.0710 e. The van der Waals surface area contributed by atoms with Crippen molar-refractivity contribution in [1.82, 2.24) is 9.88 Å². The van der Waals surface area contributed by atoms with Crippen LogP contribution in [0.5, 0.6) is 0 Å². The summed E-state index contributed by atoms with van der Waals surface area (Å²) in [5, 5.41) is 0. The highest BCUT2D eigenvalue weighted by molar-refractivity contribution is 5.04. The van der Waals surface area contributed by atoms with Gasteiger partial charge in [-0.2, -0.15) is 0 Å². The van der Waals surface area contributed by atoms with E-state index >= 15 is 0 Å². The molecule has 1 spiro atoms. The van der Waals surface area contributed by atoms with Crippen LogP contribution in [0.4, 0.5) is 0 Å². The van der Waals surface area contributed by atoms with Crippen LogP contribution in [0.3, 0.4) is 0 Å². The van der Waals surface area contributed by atoms with E-state index in [1.165, 1.54) is 31.4 Å². The number of nitrogens with zero attached hydrogens (tertiary/aromatic N) is 2. The summed E-state index contributed by atoms with van der Waals surface area (Å²) >= 11 is 0. The molecular weight excluding hydrogens is 236 g/mol. The van der Waals surface area contributed by atoms with Gasteiger partial charge in [0.2, 0.25) is 0 Å².